The van der Waals surface area contributed by atoms with Gasteiger partial charge in [0.15, 0.2) is 0 Å². The van der Waals surface area contributed by atoms with Crippen molar-refractivity contribution >= 4 is 24.0 Å². The number of Topliss-reactive ketones (excluding diaryl/α,β-unsaturated/α-hetero) is 2. The van der Waals surface area contributed by atoms with Crippen molar-refractivity contribution in [1.82, 2.24) is 0 Å². The van der Waals surface area contributed by atoms with E-state index >= 15 is 0 Å². The van der Waals surface area contributed by atoms with Crippen LogP contribution in [0.15, 0.2) is 10.2 Å². The monoisotopic (exact) mass is 124 g/mol. The Kier molecular flexibility index (Phi) is 1.48. The van der Waals surface area contributed by atoms with E-state index in [0.717, 1.165) is 6.21 Å². The molecular weight excluding hydrogens is 120 g/mol. The van der Waals surface area contributed by atoms with Gasteiger partial charge in [0.25, 0.3) is 0 Å². The van der Waals surface area contributed by atoms with Gasteiger partial charge in [-0.2, -0.15) is 10.2 Å². The summed E-state index contributed by atoms with van der Waals surface area (Å²) in [5.41, 5.74) is 0. The third-order valence-corrected chi connectivity index (χ3v) is 0.875. The molecule has 0 aromatic rings. The van der Waals surface area contributed by atoms with Crippen LogP contribution in [-0.2, 0) is 9.59 Å². The third kappa shape index (κ3) is 1.28. The van der Waals surface area contributed by atoms with Crippen molar-refractivity contribution in [2.75, 3.05) is 0 Å². The molecule has 46 valence electrons. The normalized spacial score (nSPS) is 18.2. The number of ketones is 2. The number of hydrogen-bond donors (Lipinski definition) is 0. The zero-order chi connectivity index (χ0) is 6.69. The zero-order valence-electron chi connectivity index (χ0n) is 4.57. The minimum absolute atomic E-state index is 0.0683. The summed E-state index contributed by atoms with van der Waals surface area (Å²) in [6, 6.07) is 0. The van der Waals surface area contributed by atoms with Crippen LogP contribution in [-0.4, -0.2) is 24.0 Å². The minimum atomic E-state index is -0.576. The summed E-state index contributed by atoms with van der Waals surface area (Å²) in [5.74, 6) is -1.03. The summed E-state index contributed by atoms with van der Waals surface area (Å²) >= 11 is 0. The van der Waals surface area contributed by atoms with Crippen LogP contribution < -0.4 is 0 Å². The molecule has 0 aliphatic carbocycles. The van der Waals surface area contributed by atoms with Crippen LogP contribution in [0.5, 0.6) is 0 Å². The number of carbonyl (C=O) groups excluding carboxylic acids is 2. The molecule has 1 rings (SSSR count). The molecule has 0 saturated heterocycles. The minimum Gasteiger partial charge on any atom is -0.290 e. The molecule has 1 heterocycles. The summed E-state index contributed by atoms with van der Waals surface area (Å²) < 4.78 is 0. The number of carbonyl (C=O) groups is 2. The molecule has 4 heteroatoms. The van der Waals surface area contributed by atoms with E-state index in [1.54, 1.807) is 0 Å². The molecule has 0 saturated carbocycles. The molecule has 9 heavy (non-hydrogen) atoms. The van der Waals surface area contributed by atoms with Gasteiger partial charge in [-0.3, -0.25) is 9.59 Å². The number of nitrogens with zero attached hydrogens (tertiary/aromatic N) is 2. The molecule has 0 unspecified atom stereocenters. The third-order valence-electron chi connectivity index (χ3n) is 0.875. The summed E-state index contributed by atoms with van der Waals surface area (Å²) in [4.78, 5) is 20.9. The van der Waals surface area contributed by atoms with Crippen molar-refractivity contribution in [2.45, 2.75) is 6.42 Å². The molecule has 1 aliphatic heterocycles. The van der Waals surface area contributed by atoms with Gasteiger partial charge in [0, 0.05) is 6.21 Å². The first-order valence-corrected chi connectivity index (χ1v) is 2.43. The predicted molar refractivity (Wildman–Crippen MR) is 31.6 cm³/mol. The van der Waals surface area contributed by atoms with Gasteiger partial charge in [-0.15, -0.1) is 0 Å². The highest BCUT2D eigenvalue weighted by molar-refractivity contribution is 6.60. The smallest absolute Gasteiger partial charge is 0.241 e. The first kappa shape index (κ1) is 5.81. The van der Waals surface area contributed by atoms with Crippen molar-refractivity contribution in [2.24, 2.45) is 10.2 Å². The molecule has 1 aliphatic rings. The standard InChI is InChI=1S/C5H4N2O2/c8-4-1-2-6-7-3-5(4)9/h2-3H,1H2. The maximum absolute atomic E-state index is 10.5. The highest BCUT2D eigenvalue weighted by Crippen LogP contribution is 1.86. The van der Waals surface area contributed by atoms with Gasteiger partial charge in [0.05, 0.1) is 6.42 Å². The number of hydrogen-bond acceptors (Lipinski definition) is 4. The van der Waals surface area contributed by atoms with Crippen LogP contribution in [0.4, 0.5) is 0 Å². The average Bonchev–Trinajstić information content (AvgIpc) is 1.99. The van der Waals surface area contributed by atoms with Crippen LogP contribution in [0.3, 0.4) is 0 Å². The summed E-state index contributed by atoms with van der Waals surface area (Å²) in [7, 11) is 0. The van der Waals surface area contributed by atoms with Crippen LogP contribution in [0.25, 0.3) is 0 Å². The highest BCUT2D eigenvalue weighted by atomic mass is 16.2. The molecule has 0 N–H and O–H groups in total. The van der Waals surface area contributed by atoms with Crippen molar-refractivity contribution in [3.05, 3.63) is 0 Å². The van der Waals surface area contributed by atoms with E-state index in [0.29, 0.717) is 0 Å². The van der Waals surface area contributed by atoms with Gasteiger partial charge in [0.1, 0.15) is 6.21 Å². The largest absolute Gasteiger partial charge is 0.290 e. The van der Waals surface area contributed by atoms with Crippen molar-refractivity contribution in [1.29, 1.82) is 0 Å². The van der Waals surface area contributed by atoms with Gasteiger partial charge < -0.3 is 0 Å². The molecule has 0 aromatic carbocycles. The first-order chi connectivity index (χ1) is 4.30. The second-order valence-electron chi connectivity index (χ2n) is 1.53. The van der Waals surface area contributed by atoms with E-state index in [9.17, 15) is 9.59 Å². The lowest BCUT2D eigenvalue weighted by molar-refractivity contribution is -0.131. The molecule has 0 bridgehead atoms. The topological polar surface area (TPSA) is 58.9 Å². The molecule has 0 fully saturated rings. The number of rotatable bonds is 0. The van der Waals surface area contributed by atoms with Crippen LogP contribution >= 0.6 is 0 Å². The molecular formula is C5H4N2O2. The molecule has 0 spiro atoms. The van der Waals surface area contributed by atoms with Crippen LogP contribution in [0.2, 0.25) is 0 Å². The van der Waals surface area contributed by atoms with Crippen molar-refractivity contribution in [3.63, 3.8) is 0 Å². The Morgan fingerprint density at radius 3 is 2.89 bits per heavy atom. The maximum atomic E-state index is 10.5. The van der Waals surface area contributed by atoms with Crippen molar-refractivity contribution in [3.8, 4) is 0 Å². The van der Waals surface area contributed by atoms with Crippen molar-refractivity contribution < 1.29 is 9.59 Å². The quantitative estimate of drug-likeness (QED) is 0.412. The lowest BCUT2D eigenvalue weighted by atomic mass is 10.2. The van der Waals surface area contributed by atoms with Gasteiger partial charge >= 0.3 is 0 Å². The second kappa shape index (κ2) is 2.30. The zero-order valence-corrected chi connectivity index (χ0v) is 4.57. The molecule has 0 aromatic heterocycles. The van der Waals surface area contributed by atoms with E-state index < -0.39 is 11.6 Å². The Morgan fingerprint density at radius 2 is 2.11 bits per heavy atom. The Hall–Kier alpha value is -1.32. The van der Waals surface area contributed by atoms with E-state index in [-0.39, 0.29) is 6.42 Å². The summed E-state index contributed by atoms with van der Waals surface area (Å²) in [6.45, 7) is 0. The Bertz CT molecular complexity index is 205. The molecule has 0 atom stereocenters. The maximum Gasteiger partial charge on any atom is 0.241 e. The SMILES string of the molecule is O=C1C=NN=CCC1=O. The predicted octanol–water partition coefficient (Wildman–Crippen LogP) is -0.415. The molecule has 0 radical (unpaired) electrons. The fourth-order valence-corrected chi connectivity index (χ4v) is 0.429. The Labute approximate surface area is 51.3 Å². The second-order valence-corrected chi connectivity index (χ2v) is 1.53. The fourth-order valence-electron chi connectivity index (χ4n) is 0.429. The first-order valence-electron chi connectivity index (χ1n) is 2.43. The van der Waals surface area contributed by atoms with Gasteiger partial charge in [-0.05, 0) is 0 Å². The lowest BCUT2D eigenvalue weighted by Crippen LogP contribution is -2.13. The van der Waals surface area contributed by atoms with Gasteiger partial charge in [-0.1, -0.05) is 0 Å². The van der Waals surface area contributed by atoms with E-state index in [1.807, 2.05) is 0 Å². The highest BCUT2D eigenvalue weighted by Gasteiger charge is 2.10. The molecule has 4 nitrogen and oxygen atoms in total. The summed E-state index contributed by atoms with van der Waals surface area (Å²) in [6.07, 6.45) is 2.30. The van der Waals surface area contributed by atoms with Gasteiger partial charge in [0.2, 0.25) is 11.6 Å². The van der Waals surface area contributed by atoms with Crippen LogP contribution in [0, 0.1) is 0 Å². The van der Waals surface area contributed by atoms with E-state index in [2.05, 4.69) is 10.2 Å². The average molecular weight is 124 g/mol. The summed E-state index contributed by atoms with van der Waals surface area (Å²) in [5, 5.41) is 6.65. The van der Waals surface area contributed by atoms with E-state index in [1.165, 1.54) is 6.21 Å². The van der Waals surface area contributed by atoms with Gasteiger partial charge in [-0.25, -0.2) is 0 Å². The van der Waals surface area contributed by atoms with Crippen LogP contribution in [0.1, 0.15) is 6.42 Å². The Balaban J connectivity index is 2.81. The lowest BCUT2D eigenvalue weighted by Gasteiger charge is -1.80. The Morgan fingerprint density at radius 1 is 1.33 bits per heavy atom. The fraction of sp³-hybridized carbons (Fsp3) is 0.200. The molecule has 0 amide bonds. The van der Waals surface area contributed by atoms with E-state index in [4.69, 9.17) is 0 Å².